The third-order valence-corrected chi connectivity index (χ3v) is 4.27. The predicted octanol–water partition coefficient (Wildman–Crippen LogP) is 1.78. The SMILES string of the molecule is COCOc1cccc(N2C(N)=NC(N)=NC23CCCCC3)c1. The van der Waals surface area contributed by atoms with Gasteiger partial charge in [-0.15, -0.1) is 0 Å². The number of nitrogens with zero attached hydrogens (tertiary/aromatic N) is 3. The van der Waals surface area contributed by atoms with Crippen LogP contribution in [0.1, 0.15) is 32.1 Å². The Hall–Kier alpha value is -2.28. The minimum absolute atomic E-state index is 0.198. The lowest BCUT2D eigenvalue weighted by molar-refractivity contribution is 0.0511. The van der Waals surface area contributed by atoms with Gasteiger partial charge in [0.1, 0.15) is 11.4 Å². The highest BCUT2D eigenvalue weighted by Gasteiger charge is 2.42. The lowest BCUT2D eigenvalue weighted by Crippen LogP contribution is -2.58. The average Bonchev–Trinajstić information content (AvgIpc) is 2.53. The Morgan fingerprint density at radius 3 is 2.74 bits per heavy atom. The highest BCUT2D eigenvalue weighted by atomic mass is 16.7. The van der Waals surface area contributed by atoms with Crippen molar-refractivity contribution in [2.45, 2.75) is 37.8 Å². The molecule has 0 amide bonds. The molecule has 0 radical (unpaired) electrons. The largest absolute Gasteiger partial charge is 0.467 e. The number of benzene rings is 1. The summed E-state index contributed by atoms with van der Waals surface area (Å²) in [6.45, 7) is 0.198. The van der Waals surface area contributed by atoms with E-state index < -0.39 is 5.66 Å². The zero-order valence-corrected chi connectivity index (χ0v) is 13.4. The maximum Gasteiger partial charge on any atom is 0.220 e. The molecule has 0 atom stereocenters. The quantitative estimate of drug-likeness (QED) is 0.825. The Morgan fingerprint density at radius 1 is 1.22 bits per heavy atom. The van der Waals surface area contributed by atoms with E-state index >= 15 is 0 Å². The second-order valence-corrected chi connectivity index (χ2v) is 5.87. The molecular formula is C16H23N5O2. The molecule has 0 aromatic heterocycles. The molecular weight excluding hydrogens is 294 g/mol. The topological polar surface area (TPSA) is 98.5 Å². The second kappa shape index (κ2) is 6.45. The van der Waals surface area contributed by atoms with Gasteiger partial charge in [-0.05, 0) is 37.8 Å². The molecule has 1 aliphatic heterocycles. The van der Waals surface area contributed by atoms with Gasteiger partial charge in [-0.3, -0.25) is 4.90 Å². The van der Waals surface area contributed by atoms with E-state index in [0.29, 0.717) is 11.7 Å². The van der Waals surface area contributed by atoms with Crippen molar-refractivity contribution in [1.82, 2.24) is 0 Å². The lowest BCUT2D eigenvalue weighted by atomic mass is 9.87. The Kier molecular flexibility index (Phi) is 4.38. The summed E-state index contributed by atoms with van der Waals surface area (Å²) >= 11 is 0. The van der Waals surface area contributed by atoms with Crippen molar-refractivity contribution in [3.05, 3.63) is 24.3 Å². The van der Waals surface area contributed by atoms with Crippen LogP contribution in [0.5, 0.6) is 5.75 Å². The van der Waals surface area contributed by atoms with Gasteiger partial charge >= 0.3 is 0 Å². The van der Waals surface area contributed by atoms with Crippen LogP contribution in [0.4, 0.5) is 5.69 Å². The number of ether oxygens (including phenoxy) is 2. The minimum Gasteiger partial charge on any atom is -0.467 e. The van der Waals surface area contributed by atoms with Crippen LogP contribution in [-0.4, -0.2) is 31.5 Å². The van der Waals surface area contributed by atoms with Crippen LogP contribution >= 0.6 is 0 Å². The molecule has 7 heteroatoms. The van der Waals surface area contributed by atoms with E-state index in [1.54, 1.807) is 7.11 Å². The van der Waals surface area contributed by atoms with Crippen LogP contribution in [0, 0.1) is 0 Å². The third kappa shape index (κ3) is 3.10. The van der Waals surface area contributed by atoms with E-state index in [9.17, 15) is 0 Å². The molecule has 124 valence electrons. The molecule has 1 saturated carbocycles. The standard InChI is InChI=1S/C16H23N5O2/c1-22-11-23-13-7-5-6-12(10-13)21-15(18)19-14(17)20-16(21)8-3-2-4-9-16/h5-7,10H,2-4,8-9,11H2,1H3,(H4,17,18,19,20). The fourth-order valence-electron chi connectivity index (χ4n) is 3.33. The van der Waals surface area contributed by atoms with Crippen molar-refractivity contribution in [1.29, 1.82) is 0 Å². The van der Waals surface area contributed by atoms with Gasteiger partial charge in [-0.25, -0.2) is 4.99 Å². The summed E-state index contributed by atoms with van der Waals surface area (Å²) in [6.07, 6.45) is 5.22. The van der Waals surface area contributed by atoms with Gasteiger partial charge in [-0.2, -0.15) is 4.99 Å². The maximum atomic E-state index is 6.21. The number of nitrogens with two attached hydrogens (primary N) is 2. The Bertz CT molecular complexity index is 623. The first-order valence-corrected chi connectivity index (χ1v) is 7.86. The Balaban J connectivity index is 1.97. The smallest absolute Gasteiger partial charge is 0.220 e. The molecule has 0 saturated heterocycles. The molecule has 1 heterocycles. The summed E-state index contributed by atoms with van der Waals surface area (Å²) < 4.78 is 10.5. The van der Waals surface area contributed by atoms with Gasteiger partial charge < -0.3 is 20.9 Å². The van der Waals surface area contributed by atoms with Crippen molar-refractivity contribution in [3.8, 4) is 5.75 Å². The molecule has 4 N–H and O–H groups in total. The molecule has 1 spiro atoms. The van der Waals surface area contributed by atoms with Crippen LogP contribution in [0.2, 0.25) is 0 Å². The van der Waals surface area contributed by atoms with E-state index in [-0.39, 0.29) is 12.8 Å². The molecule has 7 nitrogen and oxygen atoms in total. The van der Waals surface area contributed by atoms with Crippen LogP contribution in [0.25, 0.3) is 0 Å². The third-order valence-electron chi connectivity index (χ3n) is 4.27. The number of rotatable bonds is 4. The van der Waals surface area contributed by atoms with Gasteiger partial charge in [-0.1, -0.05) is 12.5 Å². The van der Waals surface area contributed by atoms with E-state index in [1.807, 2.05) is 29.2 Å². The van der Waals surface area contributed by atoms with Crippen LogP contribution < -0.4 is 21.1 Å². The fraction of sp³-hybridized carbons (Fsp3) is 0.500. The first kappa shape index (κ1) is 15.6. The van der Waals surface area contributed by atoms with Crippen molar-refractivity contribution in [2.75, 3.05) is 18.8 Å². The van der Waals surface area contributed by atoms with E-state index in [0.717, 1.165) is 31.4 Å². The summed E-state index contributed by atoms with van der Waals surface area (Å²) in [5, 5.41) is 0. The molecule has 0 unspecified atom stereocenters. The zero-order valence-electron chi connectivity index (χ0n) is 13.4. The van der Waals surface area contributed by atoms with Crippen LogP contribution in [0.3, 0.4) is 0 Å². The lowest BCUT2D eigenvalue weighted by Gasteiger charge is -2.45. The molecule has 3 rings (SSSR count). The highest BCUT2D eigenvalue weighted by Crippen LogP contribution is 2.40. The Labute approximate surface area is 136 Å². The average molecular weight is 317 g/mol. The van der Waals surface area contributed by atoms with E-state index in [1.165, 1.54) is 6.42 Å². The number of aliphatic imine (C=N–C) groups is 2. The summed E-state index contributed by atoms with van der Waals surface area (Å²) in [5.74, 6) is 1.35. The van der Waals surface area contributed by atoms with E-state index in [4.69, 9.17) is 20.9 Å². The molecule has 23 heavy (non-hydrogen) atoms. The fourth-order valence-corrected chi connectivity index (χ4v) is 3.33. The summed E-state index contributed by atoms with van der Waals surface area (Å²) in [5.41, 5.74) is 12.6. The monoisotopic (exact) mass is 317 g/mol. The summed E-state index contributed by atoms with van der Waals surface area (Å²) in [7, 11) is 1.59. The number of guanidine groups is 2. The van der Waals surface area contributed by atoms with Crippen LogP contribution in [-0.2, 0) is 4.74 Å². The van der Waals surface area contributed by atoms with Gasteiger partial charge in [0.25, 0.3) is 0 Å². The van der Waals surface area contributed by atoms with Gasteiger partial charge in [0, 0.05) is 18.9 Å². The maximum absolute atomic E-state index is 6.21. The normalized spacial score (nSPS) is 20.1. The zero-order chi connectivity index (χ0) is 16.3. The van der Waals surface area contributed by atoms with Gasteiger partial charge in [0.2, 0.25) is 11.9 Å². The van der Waals surface area contributed by atoms with Crippen molar-refractivity contribution in [3.63, 3.8) is 0 Å². The minimum atomic E-state index is -0.436. The van der Waals surface area contributed by atoms with Crippen molar-refractivity contribution in [2.24, 2.45) is 21.5 Å². The van der Waals surface area contributed by atoms with Crippen molar-refractivity contribution < 1.29 is 9.47 Å². The molecule has 1 aromatic carbocycles. The number of methoxy groups -OCH3 is 1. The van der Waals surface area contributed by atoms with Crippen molar-refractivity contribution >= 4 is 17.6 Å². The first-order chi connectivity index (χ1) is 11.1. The number of hydrogen-bond donors (Lipinski definition) is 2. The second-order valence-electron chi connectivity index (χ2n) is 5.87. The summed E-state index contributed by atoms with van der Waals surface area (Å²) in [6, 6.07) is 7.71. The summed E-state index contributed by atoms with van der Waals surface area (Å²) in [4.78, 5) is 10.8. The first-order valence-electron chi connectivity index (χ1n) is 7.86. The highest BCUT2D eigenvalue weighted by molar-refractivity contribution is 6.05. The van der Waals surface area contributed by atoms with Gasteiger partial charge in [0.05, 0.1) is 0 Å². The molecule has 1 fully saturated rings. The molecule has 0 bridgehead atoms. The predicted molar refractivity (Wildman–Crippen MR) is 90.5 cm³/mol. The van der Waals surface area contributed by atoms with Gasteiger partial charge in [0.15, 0.2) is 6.79 Å². The number of anilines is 1. The molecule has 1 aromatic rings. The van der Waals surface area contributed by atoms with E-state index in [2.05, 4.69) is 9.98 Å². The molecule has 1 aliphatic carbocycles. The molecule has 2 aliphatic rings. The van der Waals surface area contributed by atoms with Crippen LogP contribution in [0.15, 0.2) is 34.3 Å². The Morgan fingerprint density at radius 2 is 2.00 bits per heavy atom. The number of hydrogen-bond acceptors (Lipinski definition) is 7.